The van der Waals surface area contributed by atoms with E-state index in [1.165, 1.54) is 11.8 Å². The van der Waals surface area contributed by atoms with Crippen molar-refractivity contribution in [3.05, 3.63) is 82.2 Å². The summed E-state index contributed by atoms with van der Waals surface area (Å²) in [4.78, 5) is 12.8. The van der Waals surface area contributed by atoms with Gasteiger partial charge in [0.05, 0.1) is 39.4 Å². The Bertz CT molecular complexity index is 1240. The smallest absolute Gasteiger partial charge is 0.237 e. The van der Waals surface area contributed by atoms with Crippen LogP contribution in [0.2, 0.25) is 10.0 Å². The molecule has 2 aromatic carbocycles. The van der Waals surface area contributed by atoms with Crippen LogP contribution in [0, 0.1) is 6.92 Å². The van der Waals surface area contributed by atoms with E-state index < -0.39 is 5.25 Å². The van der Waals surface area contributed by atoms with Crippen molar-refractivity contribution < 1.29 is 9.21 Å². The first kappa shape index (κ1) is 22.5. The lowest BCUT2D eigenvalue weighted by Gasteiger charge is -2.14. The van der Waals surface area contributed by atoms with Crippen LogP contribution >= 0.6 is 35.0 Å². The van der Waals surface area contributed by atoms with Gasteiger partial charge in [-0.2, -0.15) is 0 Å². The van der Waals surface area contributed by atoms with E-state index in [2.05, 4.69) is 15.5 Å². The van der Waals surface area contributed by atoms with Crippen LogP contribution in [0.4, 0.5) is 5.69 Å². The molecule has 4 rings (SSSR count). The van der Waals surface area contributed by atoms with Gasteiger partial charge in [0, 0.05) is 0 Å². The predicted molar refractivity (Wildman–Crippen MR) is 128 cm³/mol. The van der Waals surface area contributed by atoms with Gasteiger partial charge in [-0.3, -0.25) is 9.36 Å². The second-order valence-electron chi connectivity index (χ2n) is 7.12. The molecule has 0 aliphatic carbocycles. The van der Waals surface area contributed by atoms with Crippen molar-refractivity contribution in [2.45, 2.75) is 30.8 Å². The summed E-state index contributed by atoms with van der Waals surface area (Å²) in [6.07, 6.45) is 1.63. The molecule has 164 valence electrons. The number of furan rings is 1. The van der Waals surface area contributed by atoms with Gasteiger partial charge < -0.3 is 9.73 Å². The van der Waals surface area contributed by atoms with Crippen molar-refractivity contribution in [2.75, 3.05) is 5.32 Å². The van der Waals surface area contributed by atoms with Gasteiger partial charge in [-0.15, -0.1) is 10.2 Å². The fourth-order valence-electron chi connectivity index (χ4n) is 3.15. The average Bonchev–Trinajstić information content (AvgIpc) is 3.37. The first-order chi connectivity index (χ1) is 15.4. The van der Waals surface area contributed by atoms with Crippen molar-refractivity contribution in [1.82, 2.24) is 14.8 Å². The molecule has 1 amide bonds. The molecule has 0 saturated heterocycles. The normalized spacial score (nSPS) is 12.0. The molecule has 6 nitrogen and oxygen atoms in total. The van der Waals surface area contributed by atoms with Crippen molar-refractivity contribution in [1.29, 1.82) is 0 Å². The first-order valence-electron chi connectivity index (χ1n) is 9.87. The maximum absolute atomic E-state index is 12.8. The fraction of sp³-hybridized carbons (Fsp3) is 0.174. The monoisotopic (exact) mass is 486 g/mol. The van der Waals surface area contributed by atoms with E-state index in [1.807, 2.05) is 54.8 Å². The minimum absolute atomic E-state index is 0.213. The number of anilines is 1. The second-order valence-corrected chi connectivity index (χ2v) is 9.21. The number of hydrogen-bond acceptors (Lipinski definition) is 5. The van der Waals surface area contributed by atoms with E-state index in [1.54, 1.807) is 24.5 Å². The Hall–Kier alpha value is -2.74. The number of hydrogen-bond donors (Lipinski definition) is 1. The van der Waals surface area contributed by atoms with Gasteiger partial charge in [-0.25, -0.2) is 0 Å². The highest BCUT2D eigenvalue weighted by atomic mass is 35.5. The van der Waals surface area contributed by atoms with Crippen LogP contribution < -0.4 is 5.32 Å². The van der Waals surface area contributed by atoms with Gasteiger partial charge in [0.15, 0.2) is 11.0 Å². The van der Waals surface area contributed by atoms with Crippen LogP contribution in [-0.2, 0) is 11.3 Å². The Morgan fingerprint density at radius 3 is 2.62 bits per heavy atom. The zero-order valence-electron chi connectivity index (χ0n) is 17.4. The van der Waals surface area contributed by atoms with Crippen molar-refractivity contribution in [3.63, 3.8) is 0 Å². The molecule has 32 heavy (non-hydrogen) atoms. The van der Waals surface area contributed by atoms with E-state index in [-0.39, 0.29) is 5.91 Å². The summed E-state index contributed by atoms with van der Waals surface area (Å²) in [6.45, 7) is 4.25. The Balaban J connectivity index is 1.60. The van der Waals surface area contributed by atoms with Crippen LogP contribution in [0.3, 0.4) is 0 Å². The predicted octanol–water partition coefficient (Wildman–Crippen LogP) is 6.32. The molecule has 0 fully saturated rings. The molecular formula is C23H20Cl2N4O2S. The summed E-state index contributed by atoms with van der Waals surface area (Å²) < 4.78 is 7.46. The molecule has 0 bridgehead atoms. The lowest BCUT2D eigenvalue weighted by atomic mass is 10.2. The minimum atomic E-state index is -0.456. The Kier molecular flexibility index (Phi) is 6.89. The molecule has 1 atom stereocenters. The molecule has 0 radical (unpaired) electrons. The Labute approximate surface area is 199 Å². The Morgan fingerprint density at radius 2 is 1.91 bits per heavy atom. The fourth-order valence-corrected chi connectivity index (χ4v) is 4.34. The summed E-state index contributed by atoms with van der Waals surface area (Å²) in [6, 6.07) is 17.0. The van der Waals surface area contributed by atoms with Crippen molar-refractivity contribution >= 4 is 46.6 Å². The molecule has 0 spiro atoms. The van der Waals surface area contributed by atoms with Crippen molar-refractivity contribution in [2.24, 2.45) is 0 Å². The highest BCUT2D eigenvalue weighted by Gasteiger charge is 2.23. The van der Waals surface area contributed by atoms with Gasteiger partial charge in [0.25, 0.3) is 0 Å². The molecule has 0 aliphatic rings. The number of rotatable bonds is 7. The molecule has 1 N–H and O–H groups in total. The molecule has 1 unspecified atom stereocenters. The third-order valence-corrected chi connectivity index (χ3v) is 6.76. The quantitative estimate of drug-likeness (QED) is 0.309. The summed E-state index contributed by atoms with van der Waals surface area (Å²) in [5.74, 6) is 1.23. The van der Waals surface area contributed by atoms with E-state index in [4.69, 9.17) is 27.6 Å². The molecule has 0 aliphatic heterocycles. The molecule has 2 heterocycles. The highest BCUT2D eigenvalue weighted by molar-refractivity contribution is 8.00. The average molecular weight is 487 g/mol. The zero-order valence-corrected chi connectivity index (χ0v) is 19.7. The van der Waals surface area contributed by atoms with E-state index in [9.17, 15) is 4.79 Å². The standard InChI is InChI=1S/C23H20Cl2N4O2S/c1-14-17(11-12-31-14)21-27-28-23(29(21)13-16-7-4-3-5-8-16)32-15(2)22(30)26-19-10-6-9-18(24)20(19)25/h3-12,15H,13H2,1-2H3,(H,26,30). The maximum Gasteiger partial charge on any atom is 0.237 e. The molecule has 4 aromatic rings. The number of aryl methyl sites for hydroxylation is 1. The molecular weight excluding hydrogens is 467 g/mol. The third-order valence-electron chi connectivity index (χ3n) is 4.86. The van der Waals surface area contributed by atoms with E-state index in [0.717, 1.165) is 16.9 Å². The van der Waals surface area contributed by atoms with E-state index >= 15 is 0 Å². The number of aromatic nitrogens is 3. The SMILES string of the molecule is Cc1occc1-c1nnc(SC(C)C(=O)Nc2cccc(Cl)c2Cl)n1Cc1ccccc1. The molecule has 0 saturated carbocycles. The van der Waals surface area contributed by atoms with Gasteiger partial charge >= 0.3 is 0 Å². The maximum atomic E-state index is 12.8. The zero-order chi connectivity index (χ0) is 22.7. The number of benzene rings is 2. The second kappa shape index (κ2) is 9.81. The van der Waals surface area contributed by atoms with Crippen LogP contribution in [0.1, 0.15) is 18.2 Å². The largest absolute Gasteiger partial charge is 0.469 e. The van der Waals surface area contributed by atoms with Gasteiger partial charge in [-0.05, 0) is 37.6 Å². The van der Waals surface area contributed by atoms with Gasteiger partial charge in [0.2, 0.25) is 5.91 Å². The summed E-state index contributed by atoms with van der Waals surface area (Å²) >= 11 is 13.6. The minimum Gasteiger partial charge on any atom is -0.469 e. The summed E-state index contributed by atoms with van der Waals surface area (Å²) in [5.41, 5.74) is 2.43. The number of halogens is 2. The molecule has 9 heteroatoms. The number of thioether (sulfide) groups is 1. The van der Waals surface area contributed by atoms with Crippen LogP contribution in [-0.4, -0.2) is 25.9 Å². The number of nitrogens with one attached hydrogen (secondary N) is 1. The lowest BCUT2D eigenvalue weighted by Crippen LogP contribution is -2.23. The lowest BCUT2D eigenvalue weighted by molar-refractivity contribution is -0.115. The summed E-state index contributed by atoms with van der Waals surface area (Å²) in [7, 11) is 0. The van der Waals surface area contributed by atoms with E-state index in [0.29, 0.717) is 33.3 Å². The van der Waals surface area contributed by atoms with Gasteiger partial charge in [-0.1, -0.05) is 71.4 Å². The third kappa shape index (κ3) is 4.85. The Morgan fingerprint density at radius 1 is 1.12 bits per heavy atom. The number of carbonyl (C=O) groups excluding carboxylic acids is 1. The van der Waals surface area contributed by atoms with Crippen LogP contribution in [0.5, 0.6) is 0 Å². The number of nitrogens with zero attached hydrogens (tertiary/aromatic N) is 3. The number of amides is 1. The summed E-state index contributed by atoms with van der Waals surface area (Å²) in [5, 5.41) is 12.5. The number of carbonyl (C=O) groups is 1. The van der Waals surface area contributed by atoms with Crippen LogP contribution in [0.25, 0.3) is 11.4 Å². The molecule has 2 aromatic heterocycles. The van der Waals surface area contributed by atoms with Crippen LogP contribution in [0.15, 0.2) is 70.4 Å². The van der Waals surface area contributed by atoms with Crippen molar-refractivity contribution in [3.8, 4) is 11.4 Å². The first-order valence-corrected chi connectivity index (χ1v) is 11.5. The van der Waals surface area contributed by atoms with Gasteiger partial charge in [0.1, 0.15) is 5.76 Å². The highest BCUT2D eigenvalue weighted by Crippen LogP contribution is 2.32. The topological polar surface area (TPSA) is 72.9 Å².